The van der Waals surface area contributed by atoms with E-state index in [0.29, 0.717) is 11.4 Å². The van der Waals surface area contributed by atoms with Gasteiger partial charge in [0.2, 0.25) is 0 Å². The van der Waals surface area contributed by atoms with Crippen LogP contribution in [-0.2, 0) is 4.79 Å². The zero-order chi connectivity index (χ0) is 11.4. The summed E-state index contributed by atoms with van der Waals surface area (Å²) in [7, 11) is 0. The third-order valence-electron chi connectivity index (χ3n) is 2.41. The minimum atomic E-state index is -0.106. The maximum Gasteiger partial charge on any atom is 0.140 e. The third kappa shape index (κ3) is 3.32. The van der Waals surface area contributed by atoms with Crippen LogP contribution in [0.5, 0.6) is 0 Å². The van der Waals surface area contributed by atoms with Crippen molar-refractivity contribution in [1.29, 1.82) is 0 Å². The zero-order valence-corrected chi connectivity index (χ0v) is 11.2. The molecule has 1 unspecified atom stereocenters. The van der Waals surface area contributed by atoms with Crippen molar-refractivity contribution < 1.29 is 4.79 Å². The summed E-state index contributed by atoms with van der Waals surface area (Å²) in [4.78, 5) is 11.7. The lowest BCUT2D eigenvalue weighted by molar-refractivity contribution is -0.120. The molecule has 0 saturated carbocycles. The van der Waals surface area contributed by atoms with Crippen molar-refractivity contribution in [3.05, 3.63) is 33.3 Å². The molecule has 1 atom stereocenters. The fourth-order valence-electron chi connectivity index (χ4n) is 1.49. The van der Waals surface area contributed by atoms with Crippen LogP contribution in [0.3, 0.4) is 0 Å². The van der Waals surface area contributed by atoms with Gasteiger partial charge in [0.25, 0.3) is 0 Å². The predicted octanol–water partition coefficient (Wildman–Crippen LogP) is 4.58. The largest absolute Gasteiger partial charge is 0.299 e. The summed E-state index contributed by atoms with van der Waals surface area (Å²) in [5, 5.41) is 0.654. The summed E-state index contributed by atoms with van der Waals surface area (Å²) in [6.07, 6.45) is 1.50. The van der Waals surface area contributed by atoms with Gasteiger partial charge >= 0.3 is 0 Å². The molecule has 15 heavy (non-hydrogen) atoms. The summed E-state index contributed by atoms with van der Waals surface area (Å²) in [6.45, 7) is 3.92. The second kappa shape index (κ2) is 5.66. The second-order valence-corrected chi connectivity index (χ2v) is 4.93. The molecule has 1 aromatic rings. The van der Waals surface area contributed by atoms with Crippen molar-refractivity contribution in [3.63, 3.8) is 0 Å². The first kappa shape index (κ1) is 12.7. The number of hydrogen-bond donors (Lipinski definition) is 0. The Bertz CT molecular complexity index is 363. The quantitative estimate of drug-likeness (QED) is 0.793. The zero-order valence-electron chi connectivity index (χ0n) is 8.89. The molecule has 0 aliphatic rings. The molecule has 0 radical (unpaired) electrons. The smallest absolute Gasteiger partial charge is 0.140 e. The average molecular weight is 290 g/mol. The molecule has 0 fully saturated rings. The Kier molecular flexibility index (Phi) is 4.81. The summed E-state index contributed by atoms with van der Waals surface area (Å²) in [5.74, 6) is 0.146. The van der Waals surface area contributed by atoms with Gasteiger partial charge < -0.3 is 0 Å². The molecule has 1 aromatic carbocycles. The Labute approximate surface area is 104 Å². The van der Waals surface area contributed by atoms with Crippen molar-refractivity contribution in [2.75, 3.05) is 0 Å². The summed E-state index contributed by atoms with van der Waals surface area (Å²) in [5.41, 5.74) is 0.915. The first-order chi connectivity index (χ1) is 7.06. The summed E-state index contributed by atoms with van der Waals surface area (Å²) in [6, 6.07) is 5.65. The second-order valence-electron chi connectivity index (χ2n) is 3.60. The van der Waals surface area contributed by atoms with Gasteiger partial charge in [-0.1, -0.05) is 47.4 Å². The third-order valence-corrected chi connectivity index (χ3v) is 3.23. The monoisotopic (exact) mass is 288 g/mol. The molecule has 1 nitrogen and oxygen atoms in total. The standard InChI is InChI=1S/C12H14BrClO/c1-3-4-12(15)8(2)10-6-5-9(13)7-11(10)14/h5-8H,3-4H2,1-2H3. The highest BCUT2D eigenvalue weighted by atomic mass is 79.9. The van der Waals surface area contributed by atoms with Crippen LogP contribution in [0.1, 0.15) is 38.2 Å². The van der Waals surface area contributed by atoms with Crippen molar-refractivity contribution in [1.82, 2.24) is 0 Å². The Morgan fingerprint density at radius 1 is 1.53 bits per heavy atom. The number of hydrogen-bond acceptors (Lipinski definition) is 1. The van der Waals surface area contributed by atoms with Crippen LogP contribution in [0.4, 0.5) is 0 Å². The molecule has 0 heterocycles. The van der Waals surface area contributed by atoms with E-state index in [2.05, 4.69) is 15.9 Å². The summed E-state index contributed by atoms with van der Waals surface area (Å²) < 4.78 is 0.936. The van der Waals surface area contributed by atoms with E-state index in [9.17, 15) is 4.79 Å². The van der Waals surface area contributed by atoms with E-state index >= 15 is 0 Å². The highest BCUT2D eigenvalue weighted by Gasteiger charge is 2.16. The van der Waals surface area contributed by atoms with Crippen LogP contribution in [0, 0.1) is 0 Å². The molecule has 0 saturated heterocycles. The van der Waals surface area contributed by atoms with E-state index in [1.165, 1.54) is 0 Å². The number of Topliss-reactive ketones (excluding diaryl/α,β-unsaturated/α-hetero) is 1. The molecular weight excluding hydrogens is 275 g/mol. The number of benzene rings is 1. The SMILES string of the molecule is CCCC(=O)C(C)c1ccc(Br)cc1Cl. The number of halogens is 2. The van der Waals surface area contributed by atoms with E-state index in [1.54, 1.807) is 0 Å². The van der Waals surface area contributed by atoms with E-state index in [4.69, 9.17) is 11.6 Å². The number of carbonyl (C=O) groups is 1. The van der Waals surface area contributed by atoms with Crippen LogP contribution < -0.4 is 0 Å². The van der Waals surface area contributed by atoms with Crippen LogP contribution in [0.25, 0.3) is 0 Å². The predicted molar refractivity (Wildman–Crippen MR) is 67.5 cm³/mol. The van der Waals surface area contributed by atoms with Crippen LogP contribution >= 0.6 is 27.5 Å². The minimum absolute atomic E-state index is 0.106. The lowest BCUT2D eigenvalue weighted by atomic mass is 9.94. The molecule has 0 bridgehead atoms. The van der Waals surface area contributed by atoms with Crippen molar-refractivity contribution in [3.8, 4) is 0 Å². The lowest BCUT2D eigenvalue weighted by Crippen LogP contribution is -2.08. The van der Waals surface area contributed by atoms with Gasteiger partial charge in [-0.2, -0.15) is 0 Å². The summed E-state index contributed by atoms with van der Waals surface area (Å²) >= 11 is 9.43. The Hall–Kier alpha value is -0.340. The molecule has 0 spiro atoms. The number of rotatable bonds is 4. The highest BCUT2D eigenvalue weighted by Crippen LogP contribution is 2.28. The number of ketones is 1. The highest BCUT2D eigenvalue weighted by molar-refractivity contribution is 9.10. The van der Waals surface area contributed by atoms with Crippen LogP contribution in [0.2, 0.25) is 5.02 Å². The molecule has 0 N–H and O–H groups in total. The van der Waals surface area contributed by atoms with Gasteiger partial charge in [0, 0.05) is 21.8 Å². The van der Waals surface area contributed by atoms with E-state index < -0.39 is 0 Å². The van der Waals surface area contributed by atoms with Crippen LogP contribution in [-0.4, -0.2) is 5.78 Å². The molecule has 0 aliphatic heterocycles. The van der Waals surface area contributed by atoms with Crippen molar-refractivity contribution in [2.24, 2.45) is 0 Å². The maximum atomic E-state index is 11.7. The van der Waals surface area contributed by atoms with Crippen LogP contribution in [0.15, 0.2) is 22.7 Å². The molecule has 82 valence electrons. The van der Waals surface area contributed by atoms with Crippen molar-refractivity contribution in [2.45, 2.75) is 32.6 Å². The van der Waals surface area contributed by atoms with Gasteiger partial charge in [-0.25, -0.2) is 0 Å². The fourth-order valence-corrected chi connectivity index (χ4v) is 2.33. The van der Waals surface area contributed by atoms with E-state index in [1.807, 2.05) is 32.0 Å². The number of carbonyl (C=O) groups excluding carboxylic acids is 1. The maximum absolute atomic E-state index is 11.7. The van der Waals surface area contributed by atoms with Crippen molar-refractivity contribution >= 4 is 33.3 Å². The van der Waals surface area contributed by atoms with Gasteiger partial charge in [-0.05, 0) is 24.1 Å². The average Bonchev–Trinajstić information content (AvgIpc) is 2.17. The van der Waals surface area contributed by atoms with Gasteiger partial charge in [0.1, 0.15) is 5.78 Å². The van der Waals surface area contributed by atoms with Gasteiger partial charge in [0.05, 0.1) is 0 Å². The van der Waals surface area contributed by atoms with E-state index in [-0.39, 0.29) is 11.7 Å². The van der Waals surface area contributed by atoms with E-state index in [0.717, 1.165) is 16.5 Å². The van der Waals surface area contributed by atoms with Gasteiger partial charge in [0.15, 0.2) is 0 Å². The lowest BCUT2D eigenvalue weighted by Gasteiger charge is -2.12. The molecule has 3 heteroatoms. The molecule has 0 amide bonds. The Morgan fingerprint density at radius 2 is 2.20 bits per heavy atom. The Morgan fingerprint density at radius 3 is 2.73 bits per heavy atom. The molecule has 0 aliphatic carbocycles. The molecule has 1 rings (SSSR count). The molecular formula is C12H14BrClO. The van der Waals surface area contributed by atoms with Gasteiger partial charge in [-0.15, -0.1) is 0 Å². The Balaban J connectivity index is 2.91. The first-order valence-electron chi connectivity index (χ1n) is 5.04. The topological polar surface area (TPSA) is 17.1 Å². The van der Waals surface area contributed by atoms with Gasteiger partial charge in [-0.3, -0.25) is 4.79 Å². The fraction of sp³-hybridized carbons (Fsp3) is 0.417. The molecule has 0 aromatic heterocycles. The normalized spacial score (nSPS) is 12.5. The minimum Gasteiger partial charge on any atom is -0.299 e. The first-order valence-corrected chi connectivity index (χ1v) is 6.21.